The Balaban J connectivity index is 2.21. The number of carbonyl (C=O) groups is 2. The quantitative estimate of drug-likeness (QED) is 0.442. The molecule has 1 aromatic heterocycles. The zero-order valence-electron chi connectivity index (χ0n) is 16.5. The molecule has 0 spiro atoms. The van der Waals surface area contributed by atoms with Crippen LogP contribution in [0.4, 0.5) is 26.0 Å². The average Bonchev–Trinajstić information content (AvgIpc) is 3.02. The van der Waals surface area contributed by atoms with Crippen molar-refractivity contribution in [1.29, 1.82) is 0 Å². The largest absolute Gasteiger partial charge is 0.465 e. The molecule has 0 amide bonds. The van der Waals surface area contributed by atoms with Crippen molar-refractivity contribution >= 4 is 29.1 Å². The Bertz CT molecular complexity index is 898. The number of nitrogens with zero attached hydrogens (tertiary/aromatic N) is 4. The molecule has 0 aliphatic carbocycles. The number of hydrogen-bond acceptors (Lipinski definition) is 9. The first kappa shape index (κ1) is 22.9. The van der Waals surface area contributed by atoms with Crippen LogP contribution in [0.5, 0.6) is 0 Å². The molecule has 0 unspecified atom stereocenters. The first-order valence-electron chi connectivity index (χ1n) is 9.07. The molecule has 0 atom stereocenters. The van der Waals surface area contributed by atoms with Crippen LogP contribution < -0.4 is 5.73 Å². The molecule has 0 saturated heterocycles. The summed E-state index contributed by atoms with van der Waals surface area (Å²) in [6, 6.07) is 3.04. The number of azo groups is 1. The zero-order valence-corrected chi connectivity index (χ0v) is 16.5. The number of aromatic nitrogens is 2. The van der Waals surface area contributed by atoms with Crippen LogP contribution in [0.1, 0.15) is 19.5 Å². The summed E-state index contributed by atoms with van der Waals surface area (Å²) in [7, 11) is 0. The molecule has 30 heavy (non-hydrogen) atoms. The number of ether oxygens (including phenoxy) is 2. The first-order valence-corrected chi connectivity index (χ1v) is 9.07. The predicted octanol–water partition coefficient (Wildman–Crippen LogP) is 2.61. The zero-order chi connectivity index (χ0) is 22.1. The summed E-state index contributed by atoms with van der Waals surface area (Å²) in [5.41, 5.74) is 6.36. The van der Waals surface area contributed by atoms with Crippen molar-refractivity contribution in [1.82, 2.24) is 15.1 Å². The Morgan fingerprint density at radius 3 is 2.30 bits per heavy atom. The summed E-state index contributed by atoms with van der Waals surface area (Å²) in [5, 5.41) is 14.3. The fourth-order valence-electron chi connectivity index (χ4n) is 2.43. The summed E-state index contributed by atoms with van der Waals surface area (Å²) in [6.45, 7) is 3.36. The fourth-order valence-corrected chi connectivity index (χ4v) is 2.43. The van der Waals surface area contributed by atoms with E-state index >= 15 is 0 Å². The van der Waals surface area contributed by atoms with Gasteiger partial charge in [-0.05, 0) is 26.0 Å². The van der Waals surface area contributed by atoms with Gasteiger partial charge in [0.1, 0.15) is 0 Å². The molecular weight excluding hydrogens is 402 g/mol. The van der Waals surface area contributed by atoms with Crippen molar-refractivity contribution in [2.45, 2.75) is 20.4 Å². The lowest BCUT2D eigenvalue weighted by molar-refractivity contribution is -0.148. The van der Waals surface area contributed by atoms with Crippen molar-refractivity contribution in [3.05, 3.63) is 35.5 Å². The second-order valence-corrected chi connectivity index (χ2v) is 5.99. The van der Waals surface area contributed by atoms with Gasteiger partial charge in [0, 0.05) is 12.6 Å². The number of aromatic amines is 1. The molecule has 0 bridgehead atoms. The van der Waals surface area contributed by atoms with Crippen LogP contribution in [0.25, 0.3) is 0 Å². The molecule has 12 heteroatoms. The van der Waals surface area contributed by atoms with Crippen LogP contribution in [0.3, 0.4) is 0 Å². The lowest BCUT2D eigenvalue weighted by Gasteiger charge is -2.19. The van der Waals surface area contributed by atoms with E-state index in [1.165, 1.54) is 11.0 Å². The third-order valence-corrected chi connectivity index (χ3v) is 3.71. The minimum Gasteiger partial charge on any atom is -0.465 e. The van der Waals surface area contributed by atoms with Gasteiger partial charge in [0.05, 0.1) is 37.7 Å². The van der Waals surface area contributed by atoms with E-state index in [1.807, 2.05) is 0 Å². The lowest BCUT2D eigenvalue weighted by Crippen LogP contribution is -2.35. The minimum atomic E-state index is -1.07. The summed E-state index contributed by atoms with van der Waals surface area (Å²) < 4.78 is 36.2. The maximum atomic E-state index is 13.3. The number of hydrogen-bond donors (Lipinski definition) is 2. The Kier molecular flexibility index (Phi) is 8.35. The van der Waals surface area contributed by atoms with Gasteiger partial charge >= 0.3 is 11.9 Å². The van der Waals surface area contributed by atoms with E-state index < -0.39 is 23.6 Å². The van der Waals surface area contributed by atoms with Gasteiger partial charge in [-0.1, -0.05) is 0 Å². The second-order valence-electron chi connectivity index (χ2n) is 5.99. The lowest BCUT2D eigenvalue weighted by atomic mass is 10.3. The van der Waals surface area contributed by atoms with Crippen LogP contribution in [-0.2, 0) is 25.6 Å². The summed E-state index contributed by atoms with van der Waals surface area (Å²) in [6.07, 6.45) is 0. The number of carbonyl (C=O) groups excluding carboxylic acids is 2. The third kappa shape index (κ3) is 6.58. The Hall–Kier alpha value is -3.41. The molecule has 0 fully saturated rings. The van der Waals surface area contributed by atoms with E-state index in [-0.39, 0.29) is 50.0 Å². The van der Waals surface area contributed by atoms with Crippen molar-refractivity contribution < 1.29 is 27.8 Å². The van der Waals surface area contributed by atoms with Gasteiger partial charge in [0.25, 0.3) is 0 Å². The predicted molar refractivity (Wildman–Crippen MR) is 102 cm³/mol. The normalized spacial score (nSPS) is 11.2. The number of anilines is 1. The Morgan fingerprint density at radius 1 is 1.10 bits per heavy atom. The van der Waals surface area contributed by atoms with Crippen LogP contribution in [-0.4, -0.2) is 53.3 Å². The van der Waals surface area contributed by atoms with Crippen LogP contribution in [0, 0.1) is 11.6 Å². The van der Waals surface area contributed by atoms with Gasteiger partial charge in [-0.25, -0.2) is 8.78 Å². The van der Waals surface area contributed by atoms with Gasteiger partial charge in [-0.2, -0.15) is 10.2 Å². The maximum Gasteiger partial charge on any atom is 0.320 e. The minimum absolute atomic E-state index is 0.00329. The van der Waals surface area contributed by atoms with Crippen molar-refractivity contribution in [2.24, 2.45) is 10.2 Å². The molecule has 1 aromatic carbocycles. The summed E-state index contributed by atoms with van der Waals surface area (Å²) >= 11 is 0. The molecule has 2 aromatic rings. The van der Waals surface area contributed by atoms with Crippen molar-refractivity contribution in [3.8, 4) is 0 Å². The highest BCUT2D eigenvalue weighted by Crippen LogP contribution is 2.28. The van der Waals surface area contributed by atoms with Gasteiger partial charge in [-0.15, -0.1) is 5.11 Å². The number of rotatable bonds is 10. The number of nitrogens with two attached hydrogens (primary N) is 1. The highest BCUT2D eigenvalue weighted by Gasteiger charge is 2.20. The molecule has 1 heterocycles. The van der Waals surface area contributed by atoms with E-state index in [4.69, 9.17) is 15.2 Å². The van der Waals surface area contributed by atoms with Gasteiger partial charge < -0.3 is 15.2 Å². The first-order chi connectivity index (χ1) is 14.3. The molecule has 3 N–H and O–H groups in total. The molecule has 0 radical (unpaired) electrons. The molecule has 162 valence electrons. The van der Waals surface area contributed by atoms with E-state index in [0.717, 1.165) is 12.1 Å². The molecule has 2 rings (SSSR count). The van der Waals surface area contributed by atoms with E-state index in [9.17, 15) is 18.4 Å². The number of H-pyrrole nitrogens is 1. The Morgan fingerprint density at radius 2 is 1.73 bits per heavy atom. The van der Waals surface area contributed by atoms with Gasteiger partial charge in [0.15, 0.2) is 23.1 Å². The van der Waals surface area contributed by atoms with Gasteiger partial charge in [0.2, 0.25) is 0 Å². The number of esters is 2. The fraction of sp³-hybridized carbons (Fsp3) is 0.389. The highest BCUT2D eigenvalue weighted by atomic mass is 19.2. The number of nitrogen functional groups attached to an aromatic ring is 1. The standard InChI is InChI=1S/C18H22F2N6O4/c1-3-29-15(27)9-26(10-16(28)30-4-2)8-14-17(18(21)25-23-14)24-22-11-5-6-12(19)13(20)7-11/h5-7H,3-4,8-10H2,1-2H3,(H3,21,23,25). The van der Waals surface area contributed by atoms with Gasteiger partial charge in [-0.3, -0.25) is 19.6 Å². The smallest absolute Gasteiger partial charge is 0.320 e. The molecule has 0 aliphatic rings. The SMILES string of the molecule is CCOC(=O)CN(CC(=O)OCC)Cc1[nH]nc(N)c1N=Nc1ccc(F)c(F)c1. The monoisotopic (exact) mass is 424 g/mol. The number of nitrogens with one attached hydrogen (secondary N) is 1. The molecular formula is C18H22F2N6O4. The summed E-state index contributed by atoms with van der Waals surface area (Å²) in [5.74, 6) is -3.13. The van der Waals surface area contributed by atoms with Crippen LogP contribution in [0.15, 0.2) is 28.4 Å². The van der Waals surface area contributed by atoms with E-state index in [1.54, 1.807) is 13.8 Å². The van der Waals surface area contributed by atoms with Crippen LogP contribution in [0.2, 0.25) is 0 Å². The summed E-state index contributed by atoms with van der Waals surface area (Å²) in [4.78, 5) is 25.2. The number of benzene rings is 1. The highest BCUT2D eigenvalue weighted by molar-refractivity contribution is 5.75. The molecule has 10 nitrogen and oxygen atoms in total. The third-order valence-electron chi connectivity index (χ3n) is 3.71. The van der Waals surface area contributed by atoms with E-state index in [2.05, 4.69) is 20.4 Å². The maximum absolute atomic E-state index is 13.3. The van der Waals surface area contributed by atoms with Crippen LogP contribution >= 0.6 is 0 Å². The second kappa shape index (κ2) is 11.0. The topological polar surface area (TPSA) is 135 Å². The van der Waals surface area contributed by atoms with Crippen molar-refractivity contribution in [2.75, 3.05) is 32.0 Å². The van der Waals surface area contributed by atoms with Crippen molar-refractivity contribution in [3.63, 3.8) is 0 Å². The molecule has 0 aliphatic heterocycles. The Labute approximate surface area is 171 Å². The average molecular weight is 424 g/mol. The molecule has 0 saturated carbocycles. The van der Waals surface area contributed by atoms with E-state index in [0.29, 0.717) is 5.69 Å². The number of halogens is 2.